The van der Waals surface area contributed by atoms with E-state index in [1.54, 1.807) is 13.2 Å². The van der Waals surface area contributed by atoms with E-state index in [9.17, 15) is 4.79 Å². The second-order valence-corrected chi connectivity index (χ2v) is 9.18. The molecule has 1 saturated heterocycles. The van der Waals surface area contributed by atoms with Gasteiger partial charge in [-0.15, -0.1) is 0 Å². The molecule has 168 valence electrons. The predicted molar refractivity (Wildman–Crippen MR) is 125 cm³/mol. The van der Waals surface area contributed by atoms with Gasteiger partial charge in [0.25, 0.3) is 0 Å². The molecule has 3 rings (SSSR count). The van der Waals surface area contributed by atoms with Gasteiger partial charge in [0.05, 0.1) is 0 Å². The summed E-state index contributed by atoms with van der Waals surface area (Å²) < 4.78 is 4.99. The van der Waals surface area contributed by atoms with Crippen molar-refractivity contribution in [3.8, 4) is 0 Å². The molecule has 1 amide bonds. The molecule has 0 spiro atoms. The molecule has 31 heavy (non-hydrogen) atoms. The molecule has 0 aliphatic carbocycles. The number of anilines is 1. The molecule has 0 unspecified atom stereocenters. The SMILES string of the molecule is COCC(=O)N1CCN(c2nc(CC(C)C)nc(C)c2Cc2ccc(Cl)cc2Cl)CC1. The van der Waals surface area contributed by atoms with E-state index in [0.29, 0.717) is 48.6 Å². The van der Waals surface area contributed by atoms with Gasteiger partial charge in [-0.2, -0.15) is 0 Å². The fourth-order valence-electron chi connectivity index (χ4n) is 3.80. The van der Waals surface area contributed by atoms with E-state index in [1.807, 2.05) is 24.0 Å². The van der Waals surface area contributed by atoms with Crippen molar-refractivity contribution in [2.24, 2.45) is 5.92 Å². The highest BCUT2D eigenvalue weighted by molar-refractivity contribution is 6.35. The largest absolute Gasteiger partial charge is 0.375 e. The molecule has 0 atom stereocenters. The average molecular weight is 465 g/mol. The van der Waals surface area contributed by atoms with Gasteiger partial charge in [0.2, 0.25) is 5.91 Å². The van der Waals surface area contributed by atoms with Gasteiger partial charge < -0.3 is 14.5 Å². The minimum Gasteiger partial charge on any atom is -0.375 e. The minimum absolute atomic E-state index is 0.0229. The van der Waals surface area contributed by atoms with Crippen LogP contribution in [0.2, 0.25) is 10.0 Å². The first-order valence-electron chi connectivity index (χ1n) is 10.6. The lowest BCUT2D eigenvalue weighted by atomic mass is 10.0. The summed E-state index contributed by atoms with van der Waals surface area (Å²) in [6.07, 6.45) is 1.45. The van der Waals surface area contributed by atoms with Gasteiger partial charge in [0.15, 0.2) is 0 Å². The number of halogens is 2. The van der Waals surface area contributed by atoms with Crippen LogP contribution in [0.1, 0.15) is 36.5 Å². The summed E-state index contributed by atoms with van der Waals surface area (Å²) in [4.78, 5) is 26.0. The van der Waals surface area contributed by atoms with Crippen molar-refractivity contribution in [3.63, 3.8) is 0 Å². The molecular weight excluding hydrogens is 435 g/mol. The van der Waals surface area contributed by atoms with Gasteiger partial charge in [-0.3, -0.25) is 4.79 Å². The highest BCUT2D eigenvalue weighted by atomic mass is 35.5. The van der Waals surface area contributed by atoms with Crippen molar-refractivity contribution < 1.29 is 9.53 Å². The van der Waals surface area contributed by atoms with Crippen molar-refractivity contribution in [1.29, 1.82) is 0 Å². The van der Waals surface area contributed by atoms with Crippen LogP contribution in [0.15, 0.2) is 18.2 Å². The van der Waals surface area contributed by atoms with E-state index >= 15 is 0 Å². The third-order valence-corrected chi connectivity index (χ3v) is 6.00. The number of aromatic nitrogens is 2. The van der Waals surface area contributed by atoms with E-state index in [4.69, 9.17) is 37.9 Å². The van der Waals surface area contributed by atoms with Crippen molar-refractivity contribution in [3.05, 3.63) is 50.9 Å². The maximum atomic E-state index is 12.2. The number of methoxy groups -OCH3 is 1. The summed E-state index contributed by atoms with van der Waals surface area (Å²) in [5, 5.41) is 1.25. The average Bonchev–Trinajstić information content (AvgIpc) is 2.71. The Morgan fingerprint density at radius 1 is 1.16 bits per heavy atom. The zero-order chi connectivity index (χ0) is 22.5. The standard InChI is InChI=1S/C23H30Cl2N4O2/c1-15(2)11-21-26-16(3)19(12-17-5-6-18(24)13-20(17)25)23(27-21)29-9-7-28(8-10-29)22(30)14-31-4/h5-6,13,15H,7-12,14H2,1-4H3. The monoisotopic (exact) mass is 464 g/mol. The summed E-state index contributed by atoms with van der Waals surface area (Å²) >= 11 is 12.5. The van der Waals surface area contributed by atoms with Crippen molar-refractivity contribution in [2.75, 3.05) is 44.8 Å². The summed E-state index contributed by atoms with van der Waals surface area (Å²) in [7, 11) is 1.54. The lowest BCUT2D eigenvalue weighted by Gasteiger charge is -2.36. The first-order chi connectivity index (χ1) is 14.8. The van der Waals surface area contributed by atoms with Gasteiger partial charge in [-0.1, -0.05) is 43.1 Å². The fourth-order valence-corrected chi connectivity index (χ4v) is 4.28. The minimum atomic E-state index is 0.0229. The molecule has 2 heterocycles. The van der Waals surface area contributed by atoms with E-state index in [-0.39, 0.29) is 12.5 Å². The van der Waals surface area contributed by atoms with Crippen molar-refractivity contribution in [2.45, 2.75) is 33.6 Å². The third kappa shape index (κ3) is 6.09. The number of benzene rings is 1. The predicted octanol–water partition coefficient (Wildman–Crippen LogP) is 4.18. The van der Waals surface area contributed by atoms with Crippen molar-refractivity contribution >= 4 is 34.9 Å². The third-order valence-electron chi connectivity index (χ3n) is 5.41. The number of piperazine rings is 1. The second-order valence-electron chi connectivity index (χ2n) is 8.34. The summed E-state index contributed by atoms with van der Waals surface area (Å²) in [6, 6.07) is 5.57. The number of ether oxygens (including phenoxy) is 1. The molecule has 1 aromatic heterocycles. The molecule has 0 N–H and O–H groups in total. The number of carbonyl (C=O) groups is 1. The Balaban J connectivity index is 1.91. The zero-order valence-electron chi connectivity index (χ0n) is 18.6. The van der Waals surface area contributed by atoms with Crippen LogP contribution in [-0.2, 0) is 22.4 Å². The molecule has 1 aliphatic heterocycles. The highest BCUT2D eigenvalue weighted by Crippen LogP contribution is 2.29. The zero-order valence-corrected chi connectivity index (χ0v) is 20.1. The molecule has 0 saturated carbocycles. The lowest BCUT2D eigenvalue weighted by Crippen LogP contribution is -2.50. The Bertz CT molecular complexity index is 928. The Morgan fingerprint density at radius 2 is 1.87 bits per heavy atom. The van der Waals surface area contributed by atoms with E-state index in [0.717, 1.165) is 34.9 Å². The lowest BCUT2D eigenvalue weighted by molar-refractivity contribution is -0.135. The van der Waals surface area contributed by atoms with Gasteiger partial charge in [-0.25, -0.2) is 9.97 Å². The highest BCUT2D eigenvalue weighted by Gasteiger charge is 2.25. The summed E-state index contributed by atoms with van der Waals surface area (Å²) in [5.41, 5.74) is 3.02. The van der Waals surface area contributed by atoms with Crippen LogP contribution in [0.3, 0.4) is 0 Å². The Kier molecular flexibility index (Phi) is 8.14. The van der Waals surface area contributed by atoms with Gasteiger partial charge in [0.1, 0.15) is 18.2 Å². The maximum Gasteiger partial charge on any atom is 0.248 e. The molecule has 8 heteroatoms. The van der Waals surface area contributed by atoms with E-state index in [2.05, 4.69) is 18.7 Å². The Hall–Kier alpha value is -1.89. The maximum absolute atomic E-state index is 12.2. The number of amides is 1. The van der Waals surface area contributed by atoms with Gasteiger partial charge in [-0.05, 0) is 30.5 Å². The van der Waals surface area contributed by atoms with Gasteiger partial charge in [0, 0.05) is 67.4 Å². The number of hydrogen-bond acceptors (Lipinski definition) is 5. The molecule has 0 radical (unpaired) electrons. The van der Waals surface area contributed by atoms with Crippen LogP contribution in [-0.4, -0.2) is 60.7 Å². The van der Waals surface area contributed by atoms with Crippen LogP contribution in [0.25, 0.3) is 0 Å². The number of carbonyl (C=O) groups excluding carboxylic acids is 1. The molecule has 1 aromatic carbocycles. The summed E-state index contributed by atoms with van der Waals surface area (Å²) in [6.45, 7) is 9.21. The second kappa shape index (κ2) is 10.6. The van der Waals surface area contributed by atoms with Crippen LogP contribution < -0.4 is 4.90 Å². The quantitative estimate of drug-likeness (QED) is 0.614. The summed E-state index contributed by atoms with van der Waals surface area (Å²) in [5.74, 6) is 2.28. The fraction of sp³-hybridized carbons (Fsp3) is 0.522. The van der Waals surface area contributed by atoms with Crippen LogP contribution in [0.5, 0.6) is 0 Å². The molecule has 2 aromatic rings. The first kappa shape index (κ1) is 23.8. The van der Waals surface area contributed by atoms with Crippen LogP contribution >= 0.6 is 23.2 Å². The van der Waals surface area contributed by atoms with Crippen molar-refractivity contribution in [1.82, 2.24) is 14.9 Å². The number of nitrogens with zero attached hydrogens (tertiary/aromatic N) is 4. The van der Waals surface area contributed by atoms with Crippen LogP contribution in [0.4, 0.5) is 5.82 Å². The molecule has 0 bridgehead atoms. The number of aryl methyl sites for hydroxylation is 1. The van der Waals surface area contributed by atoms with E-state index < -0.39 is 0 Å². The molecule has 6 nitrogen and oxygen atoms in total. The van der Waals surface area contributed by atoms with Crippen LogP contribution in [0, 0.1) is 12.8 Å². The van der Waals surface area contributed by atoms with E-state index in [1.165, 1.54) is 0 Å². The first-order valence-corrected chi connectivity index (χ1v) is 11.4. The molecule has 1 aliphatic rings. The Labute approximate surface area is 194 Å². The molecular formula is C23H30Cl2N4O2. The number of hydrogen-bond donors (Lipinski definition) is 0. The topological polar surface area (TPSA) is 58.6 Å². The smallest absolute Gasteiger partial charge is 0.248 e. The Morgan fingerprint density at radius 3 is 2.48 bits per heavy atom. The van der Waals surface area contributed by atoms with Gasteiger partial charge >= 0.3 is 0 Å². The number of rotatable bonds is 7. The normalized spacial score (nSPS) is 14.4. The molecule has 1 fully saturated rings.